The van der Waals surface area contributed by atoms with Crippen molar-refractivity contribution in [1.82, 2.24) is 9.80 Å². The van der Waals surface area contributed by atoms with Crippen LogP contribution in [0.15, 0.2) is 54.6 Å². The normalized spacial score (nSPS) is 27.3. The minimum absolute atomic E-state index is 0.0587. The first-order valence-electron chi connectivity index (χ1n) is 12.6. The molecule has 34 heavy (non-hydrogen) atoms. The van der Waals surface area contributed by atoms with E-state index in [4.69, 9.17) is 9.47 Å². The molecule has 2 aliphatic rings. The van der Waals surface area contributed by atoms with Crippen molar-refractivity contribution in [2.75, 3.05) is 40.9 Å². The molecule has 0 bridgehead atoms. The molecule has 4 atom stereocenters. The number of benzene rings is 2. The van der Waals surface area contributed by atoms with Crippen LogP contribution in [0.2, 0.25) is 0 Å². The number of nitrogens with zero attached hydrogens (tertiary/aromatic N) is 2. The Morgan fingerprint density at radius 1 is 1.15 bits per heavy atom. The first-order valence-corrected chi connectivity index (χ1v) is 12.6. The Hall–Kier alpha value is -2.37. The van der Waals surface area contributed by atoms with Crippen molar-refractivity contribution in [2.24, 2.45) is 11.8 Å². The first-order chi connectivity index (χ1) is 16.4. The highest BCUT2D eigenvalue weighted by Crippen LogP contribution is 2.51. The minimum Gasteiger partial charge on any atom is -0.497 e. The summed E-state index contributed by atoms with van der Waals surface area (Å²) in [4.78, 5) is 18.4. The van der Waals surface area contributed by atoms with Gasteiger partial charge in [-0.3, -0.25) is 4.79 Å². The topological polar surface area (TPSA) is 42.0 Å². The number of rotatable bonds is 7. The third kappa shape index (κ3) is 4.87. The van der Waals surface area contributed by atoms with Crippen molar-refractivity contribution < 1.29 is 14.3 Å². The fourth-order valence-electron chi connectivity index (χ4n) is 6.29. The highest BCUT2D eigenvalue weighted by Gasteiger charge is 2.53. The van der Waals surface area contributed by atoms with Gasteiger partial charge in [0.05, 0.1) is 13.2 Å². The number of hydrogen-bond acceptors (Lipinski definition) is 4. The lowest BCUT2D eigenvalue weighted by Gasteiger charge is -2.56. The summed E-state index contributed by atoms with van der Waals surface area (Å²) >= 11 is 0. The maximum absolute atomic E-state index is 13.8. The Bertz CT molecular complexity index is 963. The highest BCUT2D eigenvalue weighted by atomic mass is 16.5. The lowest BCUT2D eigenvalue weighted by atomic mass is 9.56. The Morgan fingerprint density at radius 3 is 2.59 bits per heavy atom. The van der Waals surface area contributed by atoms with E-state index in [0.29, 0.717) is 11.8 Å². The van der Waals surface area contributed by atoms with Gasteiger partial charge in [-0.25, -0.2) is 0 Å². The van der Waals surface area contributed by atoms with Crippen molar-refractivity contribution in [1.29, 1.82) is 0 Å². The lowest BCUT2D eigenvalue weighted by molar-refractivity contribution is -0.0783. The monoisotopic (exact) mass is 464 g/mol. The Kier molecular flexibility index (Phi) is 7.63. The SMILES string of the molecule is COc1cccc(C23CCN(C)CC2C(OC)C[C@@H](N(CC(C)C)C(=O)c2ccccc2)C3)c1. The summed E-state index contributed by atoms with van der Waals surface area (Å²) in [6.45, 7) is 7.16. The number of methoxy groups -OCH3 is 2. The van der Waals surface area contributed by atoms with Crippen LogP contribution in [0.25, 0.3) is 0 Å². The Morgan fingerprint density at radius 2 is 1.91 bits per heavy atom. The van der Waals surface area contributed by atoms with Gasteiger partial charge in [0.2, 0.25) is 0 Å². The average molecular weight is 465 g/mol. The second-order valence-corrected chi connectivity index (χ2v) is 10.6. The van der Waals surface area contributed by atoms with Crippen LogP contribution in [-0.4, -0.2) is 68.8 Å². The third-order valence-corrected chi connectivity index (χ3v) is 7.94. The van der Waals surface area contributed by atoms with E-state index in [9.17, 15) is 4.79 Å². The number of likely N-dealkylation sites (tertiary alicyclic amines) is 1. The summed E-state index contributed by atoms with van der Waals surface area (Å²) in [7, 11) is 5.77. The van der Waals surface area contributed by atoms with E-state index >= 15 is 0 Å². The highest BCUT2D eigenvalue weighted by molar-refractivity contribution is 5.94. The largest absolute Gasteiger partial charge is 0.497 e. The standard InChI is InChI=1S/C29H40N2O3/c1-21(2)19-31(28(32)22-10-7-6-8-11-22)24-17-27(34-5)26-20-30(3)15-14-29(26,18-24)23-12-9-13-25(16-23)33-4/h6-13,16,21,24,26-27H,14-15,17-20H2,1-5H3/t24-,26?,27?,29?/m1/s1. The van der Waals surface area contributed by atoms with E-state index < -0.39 is 0 Å². The van der Waals surface area contributed by atoms with Gasteiger partial charge in [-0.05, 0) is 68.6 Å². The van der Waals surface area contributed by atoms with Crippen LogP contribution >= 0.6 is 0 Å². The summed E-state index contributed by atoms with van der Waals surface area (Å²) in [5.74, 6) is 1.77. The van der Waals surface area contributed by atoms with Gasteiger partial charge < -0.3 is 19.3 Å². The quantitative estimate of drug-likeness (QED) is 0.587. The molecule has 1 aliphatic heterocycles. The van der Waals surface area contributed by atoms with Gasteiger partial charge in [0.1, 0.15) is 5.75 Å². The summed E-state index contributed by atoms with van der Waals surface area (Å²) in [5, 5.41) is 0. The molecule has 2 aromatic rings. The predicted molar refractivity (Wildman–Crippen MR) is 136 cm³/mol. The maximum atomic E-state index is 13.8. The molecule has 1 amide bonds. The molecule has 1 aliphatic carbocycles. The number of ether oxygens (including phenoxy) is 2. The van der Waals surface area contributed by atoms with E-state index in [1.165, 1.54) is 5.56 Å². The molecule has 0 aromatic heterocycles. The lowest BCUT2D eigenvalue weighted by Crippen LogP contribution is -2.61. The van der Waals surface area contributed by atoms with Gasteiger partial charge in [-0.15, -0.1) is 0 Å². The number of hydrogen-bond donors (Lipinski definition) is 0. The average Bonchev–Trinajstić information content (AvgIpc) is 2.86. The van der Waals surface area contributed by atoms with Crippen LogP contribution in [0, 0.1) is 11.8 Å². The molecular formula is C29H40N2O3. The summed E-state index contributed by atoms with van der Waals surface area (Å²) in [6, 6.07) is 18.4. The fourth-order valence-corrected chi connectivity index (χ4v) is 6.29. The van der Waals surface area contributed by atoms with Gasteiger partial charge >= 0.3 is 0 Å². The van der Waals surface area contributed by atoms with E-state index in [2.05, 4.69) is 48.9 Å². The molecular weight excluding hydrogens is 424 g/mol. The van der Waals surface area contributed by atoms with Crippen molar-refractivity contribution in [3.8, 4) is 5.75 Å². The zero-order valence-electron chi connectivity index (χ0n) is 21.4. The zero-order valence-corrected chi connectivity index (χ0v) is 21.4. The number of amides is 1. The predicted octanol–water partition coefficient (Wildman–Crippen LogP) is 4.86. The number of fused-ring (bicyclic) bond motifs is 1. The molecule has 184 valence electrons. The van der Waals surface area contributed by atoms with E-state index in [1.807, 2.05) is 43.5 Å². The van der Waals surface area contributed by atoms with E-state index in [0.717, 1.165) is 50.2 Å². The maximum Gasteiger partial charge on any atom is 0.254 e. The van der Waals surface area contributed by atoms with Gasteiger partial charge in [-0.2, -0.15) is 0 Å². The van der Waals surface area contributed by atoms with Crippen LogP contribution < -0.4 is 4.74 Å². The Labute approximate surface area is 205 Å². The fraction of sp³-hybridized carbons (Fsp3) is 0.552. The smallest absolute Gasteiger partial charge is 0.254 e. The van der Waals surface area contributed by atoms with Crippen LogP contribution in [-0.2, 0) is 10.2 Å². The summed E-state index contributed by atoms with van der Waals surface area (Å²) in [5.41, 5.74) is 2.02. The summed E-state index contributed by atoms with van der Waals surface area (Å²) in [6.07, 6.45) is 2.95. The van der Waals surface area contributed by atoms with E-state index in [1.54, 1.807) is 7.11 Å². The Balaban J connectivity index is 1.77. The molecule has 1 saturated carbocycles. The van der Waals surface area contributed by atoms with Gasteiger partial charge in [-0.1, -0.05) is 44.2 Å². The summed E-state index contributed by atoms with van der Waals surface area (Å²) < 4.78 is 11.8. The molecule has 1 heterocycles. The third-order valence-electron chi connectivity index (χ3n) is 7.94. The van der Waals surface area contributed by atoms with E-state index in [-0.39, 0.29) is 23.5 Å². The molecule has 0 radical (unpaired) electrons. The van der Waals surface area contributed by atoms with Crippen molar-refractivity contribution in [2.45, 2.75) is 50.7 Å². The second kappa shape index (κ2) is 10.5. The number of carbonyl (C=O) groups is 1. The number of carbonyl (C=O) groups excluding carboxylic acids is 1. The van der Waals surface area contributed by atoms with Crippen molar-refractivity contribution >= 4 is 5.91 Å². The van der Waals surface area contributed by atoms with Crippen LogP contribution in [0.1, 0.15) is 49.0 Å². The van der Waals surface area contributed by atoms with Crippen molar-refractivity contribution in [3.05, 3.63) is 65.7 Å². The second-order valence-electron chi connectivity index (χ2n) is 10.6. The molecule has 0 N–H and O–H groups in total. The van der Waals surface area contributed by atoms with Crippen LogP contribution in [0.4, 0.5) is 0 Å². The molecule has 5 heteroatoms. The minimum atomic E-state index is -0.0587. The molecule has 3 unspecified atom stereocenters. The molecule has 2 aromatic carbocycles. The molecule has 5 nitrogen and oxygen atoms in total. The zero-order chi connectivity index (χ0) is 24.3. The molecule has 0 spiro atoms. The van der Waals surface area contributed by atoms with Crippen LogP contribution in [0.3, 0.4) is 0 Å². The van der Waals surface area contributed by atoms with Gasteiger partial charge in [0.15, 0.2) is 0 Å². The number of piperidine rings is 1. The molecule has 1 saturated heterocycles. The molecule has 4 rings (SSSR count). The van der Waals surface area contributed by atoms with Crippen molar-refractivity contribution in [3.63, 3.8) is 0 Å². The van der Waals surface area contributed by atoms with Crippen LogP contribution in [0.5, 0.6) is 5.75 Å². The van der Waals surface area contributed by atoms with Gasteiger partial charge in [0.25, 0.3) is 5.91 Å². The molecule has 2 fully saturated rings. The first kappa shape index (κ1) is 24.7. The van der Waals surface area contributed by atoms with Gasteiger partial charge in [0, 0.05) is 43.1 Å².